The third-order valence-electron chi connectivity index (χ3n) is 3.80. The summed E-state index contributed by atoms with van der Waals surface area (Å²) in [4.78, 5) is 16.2. The van der Waals surface area contributed by atoms with Gasteiger partial charge in [0.2, 0.25) is 0 Å². The molecule has 0 amide bonds. The lowest BCUT2D eigenvalue weighted by molar-refractivity contribution is 0.0600. The molecule has 0 N–H and O–H groups in total. The van der Waals surface area contributed by atoms with E-state index in [4.69, 9.17) is 4.74 Å². The average molecular weight is 303 g/mol. The predicted molar refractivity (Wildman–Crippen MR) is 91.2 cm³/mol. The first-order chi connectivity index (χ1) is 11.2. The van der Waals surface area contributed by atoms with E-state index < -0.39 is 0 Å². The molecule has 0 radical (unpaired) electrons. The zero-order valence-corrected chi connectivity index (χ0v) is 13.1. The lowest BCUT2D eigenvalue weighted by Crippen LogP contribution is -2.03. The highest BCUT2D eigenvalue weighted by Crippen LogP contribution is 2.24. The Kier molecular flexibility index (Phi) is 4.20. The van der Waals surface area contributed by atoms with E-state index in [0.717, 1.165) is 27.9 Å². The number of carbonyl (C=O) groups is 1. The van der Waals surface area contributed by atoms with Crippen molar-refractivity contribution in [3.8, 4) is 22.4 Å². The van der Waals surface area contributed by atoms with Crippen molar-refractivity contribution in [2.24, 2.45) is 0 Å². The van der Waals surface area contributed by atoms with Gasteiger partial charge in [0.05, 0.1) is 18.4 Å². The Labute approximate surface area is 135 Å². The molecule has 0 saturated heterocycles. The molecule has 3 nitrogen and oxygen atoms in total. The standard InChI is InChI=1S/C20H17NO2/c1-14-12-16(8-10-18(14)20(22)23-2)19-11-9-17(13-21-19)15-6-4-3-5-7-15/h3-13H,1-2H3. The van der Waals surface area contributed by atoms with Crippen molar-refractivity contribution in [1.82, 2.24) is 4.98 Å². The maximum Gasteiger partial charge on any atom is 0.338 e. The highest BCUT2D eigenvalue weighted by atomic mass is 16.5. The third-order valence-corrected chi connectivity index (χ3v) is 3.80. The van der Waals surface area contributed by atoms with Gasteiger partial charge in [-0.25, -0.2) is 4.79 Å². The van der Waals surface area contributed by atoms with E-state index >= 15 is 0 Å². The van der Waals surface area contributed by atoms with Crippen LogP contribution in [-0.2, 0) is 4.74 Å². The number of ether oxygens (including phenoxy) is 1. The second kappa shape index (κ2) is 6.44. The second-order valence-corrected chi connectivity index (χ2v) is 5.32. The fourth-order valence-electron chi connectivity index (χ4n) is 2.53. The van der Waals surface area contributed by atoms with Crippen LogP contribution in [0.25, 0.3) is 22.4 Å². The summed E-state index contributed by atoms with van der Waals surface area (Å²) in [5, 5.41) is 0. The van der Waals surface area contributed by atoms with Crippen LogP contribution in [0.15, 0.2) is 66.9 Å². The zero-order valence-electron chi connectivity index (χ0n) is 13.1. The van der Waals surface area contributed by atoms with Crippen molar-refractivity contribution >= 4 is 5.97 Å². The van der Waals surface area contributed by atoms with Gasteiger partial charge in [0.15, 0.2) is 0 Å². The topological polar surface area (TPSA) is 39.2 Å². The van der Waals surface area contributed by atoms with Gasteiger partial charge >= 0.3 is 5.97 Å². The van der Waals surface area contributed by atoms with E-state index in [1.807, 2.05) is 49.5 Å². The molecule has 0 aliphatic carbocycles. The largest absolute Gasteiger partial charge is 0.465 e. The number of methoxy groups -OCH3 is 1. The minimum Gasteiger partial charge on any atom is -0.465 e. The molecule has 0 saturated carbocycles. The summed E-state index contributed by atoms with van der Waals surface area (Å²) in [6, 6.07) is 19.8. The number of hydrogen-bond acceptors (Lipinski definition) is 3. The summed E-state index contributed by atoms with van der Waals surface area (Å²) in [6.45, 7) is 1.90. The van der Waals surface area contributed by atoms with Crippen LogP contribution in [0.2, 0.25) is 0 Å². The van der Waals surface area contributed by atoms with Crippen LogP contribution in [0.1, 0.15) is 15.9 Å². The van der Waals surface area contributed by atoms with Crippen molar-refractivity contribution in [3.63, 3.8) is 0 Å². The van der Waals surface area contributed by atoms with Crippen LogP contribution >= 0.6 is 0 Å². The molecular weight excluding hydrogens is 286 g/mol. The summed E-state index contributed by atoms with van der Waals surface area (Å²) in [5.74, 6) is -0.318. The number of benzene rings is 2. The molecule has 0 aliphatic heterocycles. The van der Waals surface area contributed by atoms with Gasteiger partial charge in [-0.1, -0.05) is 42.5 Å². The van der Waals surface area contributed by atoms with Gasteiger partial charge in [-0.3, -0.25) is 4.98 Å². The quantitative estimate of drug-likeness (QED) is 0.668. The Balaban J connectivity index is 1.91. The fraction of sp³-hybridized carbons (Fsp3) is 0.100. The van der Waals surface area contributed by atoms with Gasteiger partial charge in [0.1, 0.15) is 0 Å². The van der Waals surface area contributed by atoms with Gasteiger partial charge in [-0.05, 0) is 36.2 Å². The van der Waals surface area contributed by atoms with Crippen LogP contribution in [0.4, 0.5) is 0 Å². The molecule has 1 heterocycles. The van der Waals surface area contributed by atoms with E-state index in [1.54, 1.807) is 6.07 Å². The molecular formula is C20H17NO2. The Morgan fingerprint density at radius 3 is 2.26 bits per heavy atom. The van der Waals surface area contributed by atoms with Gasteiger partial charge in [-0.2, -0.15) is 0 Å². The zero-order chi connectivity index (χ0) is 16.2. The van der Waals surface area contributed by atoms with E-state index in [2.05, 4.69) is 23.2 Å². The maximum absolute atomic E-state index is 11.6. The fourth-order valence-corrected chi connectivity index (χ4v) is 2.53. The SMILES string of the molecule is COC(=O)c1ccc(-c2ccc(-c3ccccc3)cn2)cc1C. The first-order valence-electron chi connectivity index (χ1n) is 7.40. The Morgan fingerprint density at radius 2 is 1.65 bits per heavy atom. The first kappa shape index (κ1) is 15.0. The Morgan fingerprint density at radius 1 is 0.913 bits per heavy atom. The molecule has 3 aromatic rings. The van der Waals surface area contributed by atoms with Crippen molar-refractivity contribution in [3.05, 3.63) is 78.0 Å². The van der Waals surface area contributed by atoms with Crippen molar-refractivity contribution in [2.45, 2.75) is 6.92 Å². The van der Waals surface area contributed by atoms with Crippen LogP contribution in [0, 0.1) is 6.92 Å². The number of nitrogens with zero attached hydrogens (tertiary/aromatic N) is 1. The molecule has 0 atom stereocenters. The molecule has 3 rings (SSSR count). The summed E-state index contributed by atoms with van der Waals surface area (Å²) in [7, 11) is 1.39. The summed E-state index contributed by atoms with van der Waals surface area (Å²) < 4.78 is 4.77. The number of pyridine rings is 1. The highest BCUT2D eigenvalue weighted by Gasteiger charge is 2.10. The molecule has 23 heavy (non-hydrogen) atoms. The maximum atomic E-state index is 11.6. The normalized spacial score (nSPS) is 10.3. The summed E-state index contributed by atoms with van der Waals surface area (Å²) in [5.41, 5.74) is 5.54. The number of rotatable bonds is 3. The molecule has 114 valence electrons. The van der Waals surface area contributed by atoms with Crippen LogP contribution < -0.4 is 0 Å². The monoisotopic (exact) mass is 303 g/mol. The second-order valence-electron chi connectivity index (χ2n) is 5.32. The lowest BCUT2D eigenvalue weighted by Gasteiger charge is -2.08. The van der Waals surface area contributed by atoms with Crippen LogP contribution in [0.3, 0.4) is 0 Å². The molecule has 0 bridgehead atoms. The van der Waals surface area contributed by atoms with Crippen molar-refractivity contribution in [2.75, 3.05) is 7.11 Å². The van der Waals surface area contributed by atoms with Gasteiger partial charge in [-0.15, -0.1) is 0 Å². The van der Waals surface area contributed by atoms with E-state index in [-0.39, 0.29) is 5.97 Å². The summed E-state index contributed by atoms with van der Waals surface area (Å²) >= 11 is 0. The molecule has 0 unspecified atom stereocenters. The first-order valence-corrected chi connectivity index (χ1v) is 7.40. The molecule has 0 aliphatic rings. The lowest BCUT2D eigenvalue weighted by atomic mass is 10.0. The van der Waals surface area contributed by atoms with Crippen LogP contribution in [0.5, 0.6) is 0 Å². The molecule has 0 spiro atoms. The average Bonchev–Trinajstić information content (AvgIpc) is 2.62. The van der Waals surface area contributed by atoms with E-state index in [9.17, 15) is 4.79 Å². The number of aromatic nitrogens is 1. The van der Waals surface area contributed by atoms with Crippen molar-refractivity contribution < 1.29 is 9.53 Å². The number of hydrogen-bond donors (Lipinski definition) is 0. The summed E-state index contributed by atoms with van der Waals surface area (Å²) in [6.07, 6.45) is 1.87. The van der Waals surface area contributed by atoms with Crippen LogP contribution in [-0.4, -0.2) is 18.1 Å². The molecule has 0 fully saturated rings. The third kappa shape index (κ3) is 3.14. The molecule has 2 aromatic carbocycles. The van der Waals surface area contributed by atoms with Crippen molar-refractivity contribution in [1.29, 1.82) is 0 Å². The number of aryl methyl sites for hydroxylation is 1. The Bertz CT molecular complexity index is 824. The van der Waals surface area contributed by atoms with Gasteiger partial charge in [0, 0.05) is 17.3 Å². The minimum atomic E-state index is -0.318. The van der Waals surface area contributed by atoms with Gasteiger partial charge in [0.25, 0.3) is 0 Å². The van der Waals surface area contributed by atoms with E-state index in [0.29, 0.717) is 5.56 Å². The number of esters is 1. The minimum absolute atomic E-state index is 0.318. The molecule has 3 heteroatoms. The molecule has 1 aromatic heterocycles. The smallest absolute Gasteiger partial charge is 0.338 e. The highest BCUT2D eigenvalue weighted by molar-refractivity contribution is 5.91. The number of carbonyl (C=O) groups excluding carboxylic acids is 1. The van der Waals surface area contributed by atoms with Gasteiger partial charge < -0.3 is 4.74 Å². The Hall–Kier alpha value is -2.94. The van der Waals surface area contributed by atoms with E-state index in [1.165, 1.54) is 7.11 Å². The predicted octanol–water partition coefficient (Wildman–Crippen LogP) is 4.51.